The molecule has 1 heterocycles. The number of carbonyl (C=O) groups is 2. The average Bonchev–Trinajstić information content (AvgIpc) is 2.68. The van der Waals surface area contributed by atoms with Crippen LogP contribution in [0.1, 0.15) is 49.2 Å². The van der Waals surface area contributed by atoms with Crippen molar-refractivity contribution < 1.29 is 14.3 Å². The van der Waals surface area contributed by atoms with Crippen LogP contribution in [-0.2, 0) is 9.53 Å². The maximum Gasteiger partial charge on any atom is 0.359 e. The van der Waals surface area contributed by atoms with Gasteiger partial charge in [-0.1, -0.05) is 66.8 Å². The SMILES string of the molecule is CCC(C)c1ccccc1NC(=O)C(C)OC(=O)c1nc(Cl)c(Cl)c(N)c1Cl. The molecule has 0 aliphatic carbocycles. The van der Waals surface area contributed by atoms with E-state index in [1.54, 1.807) is 6.07 Å². The highest BCUT2D eigenvalue weighted by atomic mass is 35.5. The Morgan fingerprint density at radius 3 is 2.46 bits per heavy atom. The number of aromatic nitrogens is 1. The van der Waals surface area contributed by atoms with Crippen molar-refractivity contribution in [1.82, 2.24) is 4.98 Å². The van der Waals surface area contributed by atoms with E-state index in [-0.39, 0.29) is 32.5 Å². The van der Waals surface area contributed by atoms with Crippen LogP contribution in [0.3, 0.4) is 0 Å². The summed E-state index contributed by atoms with van der Waals surface area (Å²) in [5.74, 6) is -1.17. The molecule has 2 rings (SSSR count). The van der Waals surface area contributed by atoms with Gasteiger partial charge in [0.1, 0.15) is 5.02 Å². The summed E-state index contributed by atoms with van der Waals surface area (Å²) in [6, 6.07) is 7.47. The van der Waals surface area contributed by atoms with Crippen LogP contribution in [0, 0.1) is 0 Å². The number of hydrogen-bond acceptors (Lipinski definition) is 5. The summed E-state index contributed by atoms with van der Waals surface area (Å²) in [6.45, 7) is 5.57. The average molecular weight is 445 g/mol. The van der Waals surface area contributed by atoms with Crippen LogP contribution in [0.4, 0.5) is 11.4 Å². The van der Waals surface area contributed by atoms with Crippen molar-refractivity contribution in [2.45, 2.75) is 39.2 Å². The third-order valence-electron chi connectivity index (χ3n) is 4.28. The number of carbonyl (C=O) groups excluding carboxylic acids is 2. The fourth-order valence-corrected chi connectivity index (χ4v) is 3.02. The van der Waals surface area contributed by atoms with Gasteiger partial charge in [-0.15, -0.1) is 0 Å². The smallest absolute Gasteiger partial charge is 0.359 e. The van der Waals surface area contributed by atoms with Gasteiger partial charge < -0.3 is 15.8 Å². The van der Waals surface area contributed by atoms with E-state index >= 15 is 0 Å². The number of amides is 1. The van der Waals surface area contributed by atoms with Gasteiger partial charge >= 0.3 is 5.97 Å². The number of ether oxygens (including phenoxy) is 1. The number of nitrogen functional groups attached to an aromatic ring is 1. The fourth-order valence-electron chi connectivity index (χ4n) is 2.43. The van der Waals surface area contributed by atoms with Gasteiger partial charge in [-0.05, 0) is 30.9 Å². The van der Waals surface area contributed by atoms with Crippen LogP contribution >= 0.6 is 34.8 Å². The van der Waals surface area contributed by atoms with E-state index in [1.807, 2.05) is 18.2 Å². The summed E-state index contributed by atoms with van der Waals surface area (Å²) in [7, 11) is 0. The molecular formula is C19H20Cl3N3O3. The Morgan fingerprint density at radius 1 is 1.18 bits per heavy atom. The third kappa shape index (κ3) is 4.87. The molecule has 0 fully saturated rings. The Hall–Kier alpha value is -2.02. The molecule has 0 aliphatic heterocycles. The van der Waals surface area contributed by atoms with Crippen molar-refractivity contribution >= 4 is 58.1 Å². The number of halogens is 3. The highest BCUT2D eigenvalue weighted by Gasteiger charge is 2.25. The largest absolute Gasteiger partial charge is 0.448 e. The summed E-state index contributed by atoms with van der Waals surface area (Å²) in [5.41, 5.74) is 6.96. The van der Waals surface area contributed by atoms with Gasteiger partial charge in [0.05, 0.1) is 10.7 Å². The number of esters is 1. The molecule has 2 unspecified atom stereocenters. The molecule has 1 aromatic heterocycles. The molecule has 9 heteroatoms. The number of nitrogens with two attached hydrogens (primary N) is 1. The zero-order valence-electron chi connectivity index (χ0n) is 15.6. The minimum atomic E-state index is -1.11. The number of benzene rings is 1. The van der Waals surface area contributed by atoms with Gasteiger partial charge in [-0.25, -0.2) is 9.78 Å². The van der Waals surface area contributed by atoms with Crippen molar-refractivity contribution in [1.29, 1.82) is 0 Å². The van der Waals surface area contributed by atoms with Crippen molar-refractivity contribution in [3.8, 4) is 0 Å². The molecule has 0 radical (unpaired) electrons. The van der Waals surface area contributed by atoms with E-state index in [0.29, 0.717) is 5.69 Å². The molecule has 1 aromatic carbocycles. The predicted molar refractivity (Wildman–Crippen MR) is 112 cm³/mol. The van der Waals surface area contributed by atoms with E-state index in [9.17, 15) is 9.59 Å². The van der Waals surface area contributed by atoms with Gasteiger partial charge in [0.25, 0.3) is 5.91 Å². The lowest BCUT2D eigenvalue weighted by Crippen LogP contribution is -2.30. The molecule has 0 saturated heterocycles. The summed E-state index contributed by atoms with van der Waals surface area (Å²) in [4.78, 5) is 28.7. The number of nitrogens with zero attached hydrogens (tertiary/aromatic N) is 1. The molecule has 2 aromatic rings. The van der Waals surface area contributed by atoms with Crippen LogP contribution in [-0.4, -0.2) is 23.0 Å². The number of anilines is 2. The summed E-state index contributed by atoms with van der Waals surface area (Å²) in [5, 5.41) is 2.36. The second-order valence-electron chi connectivity index (χ2n) is 6.23. The van der Waals surface area contributed by atoms with E-state index in [4.69, 9.17) is 45.3 Å². The van der Waals surface area contributed by atoms with E-state index < -0.39 is 18.0 Å². The maximum atomic E-state index is 12.5. The zero-order valence-corrected chi connectivity index (χ0v) is 17.8. The number of pyridine rings is 1. The second kappa shape index (κ2) is 9.45. The first-order valence-electron chi connectivity index (χ1n) is 8.58. The molecule has 1 amide bonds. The molecule has 0 bridgehead atoms. The Morgan fingerprint density at radius 2 is 1.82 bits per heavy atom. The lowest BCUT2D eigenvalue weighted by Gasteiger charge is -2.18. The highest BCUT2D eigenvalue weighted by molar-refractivity contribution is 6.46. The first kappa shape index (κ1) is 22.3. The Labute approximate surface area is 178 Å². The van der Waals surface area contributed by atoms with Crippen LogP contribution in [0.15, 0.2) is 24.3 Å². The first-order valence-corrected chi connectivity index (χ1v) is 9.71. The number of para-hydroxylation sites is 1. The number of nitrogens with one attached hydrogen (secondary N) is 1. The molecule has 2 atom stereocenters. The maximum absolute atomic E-state index is 12.5. The number of hydrogen-bond donors (Lipinski definition) is 2. The predicted octanol–water partition coefficient (Wildman–Crippen LogP) is 5.32. The van der Waals surface area contributed by atoms with Crippen molar-refractivity contribution in [3.05, 3.63) is 50.7 Å². The number of rotatable bonds is 6. The van der Waals surface area contributed by atoms with Crippen molar-refractivity contribution in [2.75, 3.05) is 11.1 Å². The lowest BCUT2D eigenvalue weighted by atomic mass is 9.97. The van der Waals surface area contributed by atoms with Gasteiger partial charge in [0.15, 0.2) is 17.0 Å². The molecule has 6 nitrogen and oxygen atoms in total. The quantitative estimate of drug-likeness (QED) is 0.464. The minimum Gasteiger partial charge on any atom is -0.448 e. The molecule has 3 N–H and O–H groups in total. The van der Waals surface area contributed by atoms with Gasteiger partial charge in [0.2, 0.25) is 0 Å². The molecule has 0 saturated carbocycles. The molecule has 28 heavy (non-hydrogen) atoms. The highest BCUT2D eigenvalue weighted by Crippen LogP contribution is 2.34. The van der Waals surface area contributed by atoms with Gasteiger partial charge in [-0.2, -0.15) is 0 Å². The normalized spacial score (nSPS) is 12.9. The summed E-state index contributed by atoms with van der Waals surface area (Å²) >= 11 is 17.7. The second-order valence-corrected chi connectivity index (χ2v) is 7.34. The lowest BCUT2D eigenvalue weighted by molar-refractivity contribution is -0.123. The zero-order chi connectivity index (χ0) is 21.0. The minimum absolute atomic E-state index is 0.0596. The van der Waals surface area contributed by atoms with Crippen LogP contribution in [0.5, 0.6) is 0 Å². The van der Waals surface area contributed by atoms with Crippen LogP contribution in [0.25, 0.3) is 0 Å². The molecule has 0 spiro atoms. The van der Waals surface area contributed by atoms with Crippen LogP contribution in [0.2, 0.25) is 15.2 Å². The standard InChI is InChI=1S/C19H20Cl3N3O3/c1-4-9(2)11-7-5-6-8-12(11)24-18(26)10(3)28-19(27)16-13(20)15(23)14(21)17(22)25-16/h5-10H,4H2,1-3H3,(H2,23,25)(H,24,26). The molecular weight excluding hydrogens is 425 g/mol. The van der Waals surface area contributed by atoms with E-state index in [1.165, 1.54) is 6.92 Å². The van der Waals surface area contributed by atoms with Crippen LogP contribution < -0.4 is 11.1 Å². The molecule has 0 aliphatic rings. The Kier molecular flexibility index (Phi) is 7.52. The molecule has 150 valence electrons. The summed E-state index contributed by atoms with van der Waals surface area (Å²) < 4.78 is 5.17. The first-order chi connectivity index (χ1) is 13.2. The van der Waals surface area contributed by atoms with Gasteiger partial charge in [0, 0.05) is 5.69 Å². The van der Waals surface area contributed by atoms with E-state index in [2.05, 4.69) is 24.1 Å². The Bertz CT molecular complexity index is 905. The van der Waals surface area contributed by atoms with Crippen molar-refractivity contribution in [2.24, 2.45) is 0 Å². The topological polar surface area (TPSA) is 94.3 Å². The summed E-state index contributed by atoms with van der Waals surface area (Å²) in [6.07, 6.45) is -0.189. The Balaban J connectivity index is 2.15. The van der Waals surface area contributed by atoms with Gasteiger partial charge in [-0.3, -0.25) is 4.79 Å². The monoisotopic (exact) mass is 443 g/mol. The third-order valence-corrected chi connectivity index (χ3v) is 5.42. The fraction of sp³-hybridized carbons (Fsp3) is 0.316. The van der Waals surface area contributed by atoms with Crippen molar-refractivity contribution in [3.63, 3.8) is 0 Å². The van der Waals surface area contributed by atoms with E-state index in [0.717, 1.165) is 12.0 Å².